The number of nitrogens with one attached hydrogen (secondary N) is 1. The molecule has 0 aliphatic rings. The topological polar surface area (TPSA) is 95.9 Å². The van der Waals surface area contributed by atoms with Gasteiger partial charge in [-0.1, -0.05) is 309 Å². The third-order valence-electron chi connectivity index (χ3n) is 15.1. The monoisotopic (exact) mass is 988 g/mol. The lowest BCUT2D eigenvalue weighted by Gasteiger charge is -2.22. The van der Waals surface area contributed by atoms with Crippen molar-refractivity contribution in [1.29, 1.82) is 0 Å². The zero-order chi connectivity index (χ0) is 50.7. The van der Waals surface area contributed by atoms with Crippen LogP contribution in [0.2, 0.25) is 0 Å². The Labute approximate surface area is 438 Å². The molecule has 0 bridgehead atoms. The molecule has 0 aliphatic heterocycles. The van der Waals surface area contributed by atoms with E-state index < -0.39 is 12.1 Å². The van der Waals surface area contributed by atoms with Gasteiger partial charge in [-0.15, -0.1) is 0 Å². The summed E-state index contributed by atoms with van der Waals surface area (Å²) in [5.74, 6) is -0.0325. The van der Waals surface area contributed by atoms with Gasteiger partial charge >= 0.3 is 5.97 Å². The Morgan fingerprint density at radius 3 is 1.01 bits per heavy atom. The number of hydrogen-bond acceptors (Lipinski definition) is 5. The highest BCUT2D eigenvalue weighted by Crippen LogP contribution is 2.18. The Morgan fingerprint density at radius 1 is 0.386 bits per heavy atom. The lowest BCUT2D eigenvalue weighted by molar-refractivity contribution is -0.143. The molecule has 0 aromatic carbocycles. The first kappa shape index (κ1) is 68.6. The minimum Gasteiger partial charge on any atom is -0.466 e. The van der Waals surface area contributed by atoms with Gasteiger partial charge in [-0.05, 0) is 51.4 Å². The molecule has 2 atom stereocenters. The minimum atomic E-state index is -0.667. The van der Waals surface area contributed by atoms with Crippen LogP contribution < -0.4 is 5.32 Å². The van der Waals surface area contributed by atoms with Crippen LogP contribution in [0.1, 0.15) is 361 Å². The summed E-state index contributed by atoms with van der Waals surface area (Å²) in [6, 6.07) is -0.544. The predicted octanol–water partition coefficient (Wildman–Crippen LogP) is 20.0. The number of amides is 1. The number of ether oxygens (including phenoxy) is 1. The fourth-order valence-corrected chi connectivity index (χ4v) is 10.2. The summed E-state index contributed by atoms with van der Waals surface area (Å²) in [6.07, 6.45) is 72.2. The average Bonchev–Trinajstić information content (AvgIpc) is 3.36. The van der Waals surface area contributed by atoms with E-state index in [2.05, 4.69) is 31.3 Å². The molecule has 1 amide bonds. The number of carbonyl (C=O) groups excluding carboxylic acids is 2. The third-order valence-corrected chi connectivity index (χ3v) is 15.1. The van der Waals surface area contributed by atoms with Gasteiger partial charge in [0, 0.05) is 12.8 Å². The van der Waals surface area contributed by atoms with Crippen LogP contribution in [0.4, 0.5) is 0 Å². The van der Waals surface area contributed by atoms with Gasteiger partial charge in [0.05, 0.1) is 25.4 Å². The van der Waals surface area contributed by atoms with E-state index in [4.69, 9.17) is 4.74 Å². The van der Waals surface area contributed by atoms with Crippen LogP contribution in [0.3, 0.4) is 0 Å². The molecule has 0 aliphatic carbocycles. The maximum atomic E-state index is 12.5. The molecular formula is C64H125NO5. The number of hydrogen-bond donors (Lipinski definition) is 3. The van der Waals surface area contributed by atoms with Crippen LogP contribution in [-0.4, -0.2) is 47.4 Å². The number of esters is 1. The smallest absolute Gasteiger partial charge is 0.305 e. The molecule has 0 spiro atoms. The van der Waals surface area contributed by atoms with Gasteiger partial charge in [0.2, 0.25) is 5.91 Å². The van der Waals surface area contributed by atoms with Crippen molar-refractivity contribution in [1.82, 2.24) is 5.32 Å². The van der Waals surface area contributed by atoms with E-state index in [1.54, 1.807) is 0 Å². The molecule has 0 saturated heterocycles. The molecule has 6 heteroatoms. The molecule has 6 nitrogen and oxygen atoms in total. The third kappa shape index (κ3) is 55.9. The van der Waals surface area contributed by atoms with E-state index in [0.717, 1.165) is 44.9 Å². The second-order valence-corrected chi connectivity index (χ2v) is 22.1. The summed E-state index contributed by atoms with van der Waals surface area (Å²) in [6.45, 7) is 4.97. The molecule has 0 rings (SSSR count). The number of carbonyl (C=O) groups is 2. The Bertz CT molecular complexity index is 1050. The summed E-state index contributed by atoms with van der Waals surface area (Å²) >= 11 is 0. The summed E-state index contributed by atoms with van der Waals surface area (Å²) in [7, 11) is 0. The van der Waals surface area contributed by atoms with Crippen molar-refractivity contribution in [3.8, 4) is 0 Å². The van der Waals surface area contributed by atoms with Crippen LogP contribution in [0.15, 0.2) is 12.2 Å². The van der Waals surface area contributed by atoms with Gasteiger partial charge in [-0.2, -0.15) is 0 Å². The first-order valence-corrected chi connectivity index (χ1v) is 31.9. The second-order valence-electron chi connectivity index (χ2n) is 22.1. The molecule has 70 heavy (non-hydrogen) atoms. The zero-order valence-electron chi connectivity index (χ0n) is 47.5. The summed E-state index contributed by atoms with van der Waals surface area (Å²) in [4.78, 5) is 24.6. The Kier molecular flexibility index (Phi) is 59.0. The highest BCUT2D eigenvalue weighted by Gasteiger charge is 2.20. The normalized spacial score (nSPS) is 12.6. The van der Waals surface area contributed by atoms with Gasteiger partial charge in [0.1, 0.15) is 0 Å². The van der Waals surface area contributed by atoms with Crippen LogP contribution in [0, 0.1) is 0 Å². The van der Waals surface area contributed by atoms with Gasteiger partial charge < -0.3 is 20.3 Å². The molecule has 0 heterocycles. The predicted molar refractivity (Wildman–Crippen MR) is 306 cm³/mol. The van der Waals surface area contributed by atoms with Crippen molar-refractivity contribution in [3.05, 3.63) is 12.2 Å². The SMILES string of the molecule is CCCCCCC/C=C\CCCCCCCC(=O)OCCCCCCCCCCCCCCCCCCCCCC(=O)NC(CO)C(O)CCCCCCCCCCCCCCCCCCCCCC. The van der Waals surface area contributed by atoms with Crippen LogP contribution in [0.25, 0.3) is 0 Å². The number of allylic oxidation sites excluding steroid dienone is 2. The summed E-state index contributed by atoms with van der Waals surface area (Å²) < 4.78 is 5.48. The molecule has 0 fully saturated rings. The van der Waals surface area contributed by atoms with Crippen LogP contribution >= 0.6 is 0 Å². The fourth-order valence-electron chi connectivity index (χ4n) is 10.2. The van der Waals surface area contributed by atoms with E-state index >= 15 is 0 Å². The average molecular weight is 989 g/mol. The number of aliphatic hydroxyl groups excluding tert-OH is 2. The fraction of sp³-hybridized carbons (Fsp3) is 0.938. The van der Waals surface area contributed by atoms with E-state index in [0.29, 0.717) is 25.9 Å². The van der Waals surface area contributed by atoms with E-state index in [9.17, 15) is 19.8 Å². The van der Waals surface area contributed by atoms with Crippen molar-refractivity contribution in [2.24, 2.45) is 0 Å². The number of unbranched alkanes of at least 4 members (excludes halogenated alkanes) is 47. The van der Waals surface area contributed by atoms with E-state index in [1.165, 1.54) is 283 Å². The standard InChI is InChI=1S/C64H125NO5/c1-3-5-7-9-11-13-15-17-19-20-21-23-26-29-32-36-40-44-48-52-56-62(67)61(60-66)65-63(68)57-53-49-45-41-37-33-30-27-24-22-25-28-31-35-39-43-47-51-55-59-70-64(69)58-54-50-46-42-38-34-18-16-14-12-10-8-6-4-2/h16,18,61-62,66-67H,3-15,17,19-60H2,1-2H3,(H,65,68)/b18-16-. The van der Waals surface area contributed by atoms with Crippen molar-refractivity contribution in [3.63, 3.8) is 0 Å². The largest absolute Gasteiger partial charge is 0.466 e. The van der Waals surface area contributed by atoms with Gasteiger partial charge in [-0.25, -0.2) is 0 Å². The summed E-state index contributed by atoms with van der Waals surface area (Å²) in [5, 5.41) is 23.4. The Hall–Kier alpha value is -1.40. The molecule has 0 aromatic rings. The lowest BCUT2D eigenvalue weighted by Crippen LogP contribution is -2.45. The van der Waals surface area contributed by atoms with Gasteiger partial charge in [-0.3, -0.25) is 9.59 Å². The van der Waals surface area contributed by atoms with Crippen LogP contribution in [0.5, 0.6) is 0 Å². The van der Waals surface area contributed by atoms with Crippen molar-refractivity contribution < 1.29 is 24.5 Å². The molecular weight excluding hydrogens is 863 g/mol. The second kappa shape index (κ2) is 60.2. The maximum absolute atomic E-state index is 12.5. The molecule has 3 N–H and O–H groups in total. The molecule has 416 valence electrons. The lowest BCUT2D eigenvalue weighted by atomic mass is 10.0. The Balaban J connectivity index is 3.40. The molecule has 2 unspecified atom stereocenters. The number of rotatable bonds is 60. The highest BCUT2D eigenvalue weighted by atomic mass is 16.5. The first-order chi connectivity index (χ1) is 34.5. The van der Waals surface area contributed by atoms with Crippen LogP contribution in [-0.2, 0) is 14.3 Å². The first-order valence-electron chi connectivity index (χ1n) is 31.9. The van der Waals surface area contributed by atoms with Crippen molar-refractivity contribution >= 4 is 11.9 Å². The van der Waals surface area contributed by atoms with Crippen molar-refractivity contribution in [2.45, 2.75) is 373 Å². The van der Waals surface area contributed by atoms with Gasteiger partial charge in [0.15, 0.2) is 0 Å². The quantitative estimate of drug-likeness (QED) is 0.0321. The van der Waals surface area contributed by atoms with Gasteiger partial charge in [0.25, 0.3) is 0 Å². The minimum absolute atomic E-state index is 0.00154. The van der Waals surface area contributed by atoms with E-state index in [-0.39, 0.29) is 18.5 Å². The van der Waals surface area contributed by atoms with Crippen molar-refractivity contribution in [2.75, 3.05) is 13.2 Å². The Morgan fingerprint density at radius 2 is 0.671 bits per heavy atom. The molecule has 0 radical (unpaired) electrons. The molecule has 0 saturated carbocycles. The zero-order valence-corrected chi connectivity index (χ0v) is 47.5. The summed E-state index contributed by atoms with van der Waals surface area (Å²) in [5.41, 5.74) is 0. The highest BCUT2D eigenvalue weighted by molar-refractivity contribution is 5.76. The maximum Gasteiger partial charge on any atom is 0.305 e. The number of aliphatic hydroxyl groups is 2. The molecule has 0 aromatic heterocycles. The van der Waals surface area contributed by atoms with E-state index in [1.807, 2.05) is 0 Å².